The van der Waals surface area contributed by atoms with E-state index in [2.05, 4.69) is 28.3 Å². The third-order valence-corrected chi connectivity index (χ3v) is 5.10. The maximum atomic E-state index is 9.79. The number of rotatable bonds is 2. The zero-order chi connectivity index (χ0) is 14.3. The fraction of sp³-hybridized carbons (Fsp3) is 0.800. The third kappa shape index (κ3) is 2.61. The summed E-state index contributed by atoms with van der Waals surface area (Å²) in [5, 5.41) is 10.4. The topological polar surface area (TPSA) is 41.3 Å². The number of hydrogen-bond donors (Lipinski definition) is 1. The average molecular weight is 298 g/mol. The van der Waals surface area contributed by atoms with Gasteiger partial charge in [0.1, 0.15) is 5.82 Å². The molecule has 3 rings (SSSR count). The van der Waals surface area contributed by atoms with E-state index in [0.717, 1.165) is 50.4 Å². The molecular weight excluding hydrogens is 274 g/mol. The molecule has 1 saturated heterocycles. The highest BCUT2D eigenvalue weighted by molar-refractivity contribution is 6.30. The molecule has 0 aliphatic carbocycles. The minimum Gasteiger partial charge on any atom is -0.393 e. The number of aliphatic hydroxyl groups excluding tert-OH is 1. The van der Waals surface area contributed by atoms with Gasteiger partial charge in [0.2, 0.25) is 0 Å². The molecule has 1 aromatic heterocycles. The highest BCUT2D eigenvalue weighted by Gasteiger charge is 2.30. The van der Waals surface area contributed by atoms with Crippen molar-refractivity contribution in [3.8, 4) is 0 Å². The van der Waals surface area contributed by atoms with Crippen LogP contribution in [0, 0.1) is 0 Å². The number of nitrogens with zero attached hydrogens (tertiary/aromatic N) is 3. The van der Waals surface area contributed by atoms with E-state index < -0.39 is 0 Å². The molecule has 0 bridgehead atoms. The smallest absolute Gasteiger partial charge is 0.150 e. The highest BCUT2D eigenvalue weighted by atomic mass is 35.5. The predicted molar refractivity (Wildman–Crippen MR) is 80.2 cm³/mol. The summed E-state index contributed by atoms with van der Waals surface area (Å²) in [5.41, 5.74) is 1.03. The van der Waals surface area contributed by atoms with Gasteiger partial charge < -0.3 is 14.6 Å². The number of fused-ring (bicyclic) bond motifs is 1. The lowest BCUT2D eigenvalue weighted by molar-refractivity contribution is 0.139. The van der Waals surface area contributed by atoms with E-state index in [-0.39, 0.29) is 6.10 Å². The van der Waals surface area contributed by atoms with Crippen LogP contribution in [0.3, 0.4) is 0 Å². The van der Waals surface area contributed by atoms with Gasteiger partial charge in [-0.2, -0.15) is 0 Å². The molecule has 0 aromatic carbocycles. The van der Waals surface area contributed by atoms with Gasteiger partial charge in [0.25, 0.3) is 0 Å². The second-order valence-electron chi connectivity index (χ2n) is 6.41. The van der Waals surface area contributed by atoms with Crippen molar-refractivity contribution < 1.29 is 5.11 Å². The van der Waals surface area contributed by atoms with Gasteiger partial charge in [-0.25, -0.2) is 4.98 Å². The Bertz CT molecular complexity index is 478. The molecule has 0 amide bonds. The van der Waals surface area contributed by atoms with Crippen molar-refractivity contribution in [2.45, 2.75) is 64.1 Å². The van der Waals surface area contributed by atoms with E-state index in [1.54, 1.807) is 0 Å². The molecule has 4 nitrogen and oxygen atoms in total. The van der Waals surface area contributed by atoms with Crippen molar-refractivity contribution in [2.24, 2.45) is 0 Å². The molecule has 1 aromatic rings. The summed E-state index contributed by atoms with van der Waals surface area (Å²) in [4.78, 5) is 7.15. The van der Waals surface area contributed by atoms with Crippen LogP contribution in [-0.2, 0) is 13.0 Å². The lowest BCUT2D eigenvalue weighted by Crippen LogP contribution is -2.38. The summed E-state index contributed by atoms with van der Waals surface area (Å²) in [6.45, 7) is 7.66. The SMILES string of the molecule is CC(C)N1CCC(c2nc(Cl)c3n2CCC(O)C3)CC1. The second kappa shape index (κ2) is 5.66. The molecule has 2 aliphatic heterocycles. The average Bonchev–Trinajstić information content (AvgIpc) is 2.76. The van der Waals surface area contributed by atoms with Crippen LogP contribution in [0.2, 0.25) is 5.15 Å². The zero-order valence-corrected chi connectivity index (χ0v) is 13.1. The van der Waals surface area contributed by atoms with E-state index >= 15 is 0 Å². The molecule has 1 atom stereocenters. The number of likely N-dealkylation sites (tertiary alicyclic amines) is 1. The van der Waals surface area contributed by atoms with Gasteiger partial charge in [-0.1, -0.05) is 11.6 Å². The Morgan fingerprint density at radius 1 is 1.20 bits per heavy atom. The maximum Gasteiger partial charge on any atom is 0.150 e. The Hall–Kier alpha value is -0.580. The molecule has 5 heteroatoms. The van der Waals surface area contributed by atoms with E-state index in [9.17, 15) is 5.11 Å². The molecule has 3 heterocycles. The summed E-state index contributed by atoms with van der Waals surface area (Å²) in [6, 6.07) is 0.629. The van der Waals surface area contributed by atoms with Gasteiger partial charge in [0.05, 0.1) is 11.8 Å². The van der Waals surface area contributed by atoms with Crippen LogP contribution in [0.4, 0.5) is 0 Å². The van der Waals surface area contributed by atoms with Gasteiger partial charge in [0.15, 0.2) is 5.15 Å². The molecule has 0 spiro atoms. The summed E-state index contributed by atoms with van der Waals surface area (Å²) in [6.07, 6.45) is 3.53. The highest BCUT2D eigenvalue weighted by Crippen LogP contribution is 2.33. The maximum absolute atomic E-state index is 9.79. The largest absolute Gasteiger partial charge is 0.393 e. The Labute approximate surface area is 125 Å². The van der Waals surface area contributed by atoms with Gasteiger partial charge >= 0.3 is 0 Å². The predicted octanol–water partition coefficient (Wildman–Crippen LogP) is 2.43. The first kappa shape index (κ1) is 14.4. The summed E-state index contributed by atoms with van der Waals surface area (Å²) in [7, 11) is 0. The van der Waals surface area contributed by atoms with Crippen LogP contribution >= 0.6 is 11.6 Å². The lowest BCUT2D eigenvalue weighted by Gasteiger charge is -2.35. The molecule has 0 radical (unpaired) electrons. The van der Waals surface area contributed by atoms with Crippen molar-refractivity contribution in [3.63, 3.8) is 0 Å². The molecule has 1 fully saturated rings. The van der Waals surface area contributed by atoms with Crippen LogP contribution in [0.15, 0.2) is 0 Å². The fourth-order valence-corrected chi connectivity index (χ4v) is 3.77. The normalized spacial score (nSPS) is 25.1. The van der Waals surface area contributed by atoms with Crippen LogP contribution in [0.25, 0.3) is 0 Å². The van der Waals surface area contributed by atoms with Gasteiger partial charge in [0, 0.05) is 24.9 Å². The Morgan fingerprint density at radius 2 is 1.90 bits per heavy atom. The summed E-state index contributed by atoms with van der Waals surface area (Å²) in [5.74, 6) is 1.67. The molecule has 2 aliphatic rings. The third-order valence-electron chi connectivity index (χ3n) is 4.79. The number of imidazole rings is 1. The first-order valence-electron chi connectivity index (χ1n) is 7.73. The van der Waals surface area contributed by atoms with Crippen molar-refractivity contribution in [2.75, 3.05) is 13.1 Å². The van der Waals surface area contributed by atoms with E-state index in [0.29, 0.717) is 23.5 Å². The minimum atomic E-state index is -0.257. The number of aliphatic hydroxyl groups is 1. The Morgan fingerprint density at radius 3 is 2.55 bits per heavy atom. The number of hydrogen-bond acceptors (Lipinski definition) is 3. The zero-order valence-electron chi connectivity index (χ0n) is 12.3. The minimum absolute atomic E-state index is 0.257. The molecule has 1 unspecified atom stereocenters. The van der Waals surface area contributed by atoms with Crippen LogP contribution in [0.1, 0.15) is 50.5 Å². The number of halogens is 1. The van der Waals surface area contributed by atoms with Crippen molar-refractivity contribution in [1.82, 2.24) is 14.5 Å². The van der Waals surface area contributed by atoms with Crippen LogP contribution in [-0.4, -0.2) is 44.8 Å². The Balaban J connectivity index is 1.77. The first-order chi connectivity index (χ1) is 9.56. The van der Waals surface area contributed by atoms with Crippen LogP contribution in [0.5, 0.6) is 0 Å². The molecular formula is C15H24ClN3O. The molecule has 0 saturated carbocycles. The monoisotopic (exact) mass is 297 g/mol. The van der Waals surface area contributed by atoms with Crippen molar-refractivity contribution in [1.29, 1.82) is 0 Å². The first-order valence-corrected chi connectivity index (χ1v) is 8.11. The molecule has 112 valence electrons. The number of piperidine rings is 1. The lowest BCUT2D eigenvalue weighted by atomic mass is 9.94. The van der Waals surface area contributed by atoms with Gasteiger partial charge in [-0.05, 0) is 46.2 Å². The van der Waals surface area contributed by atoms with E-state index in [1.165, 1.54) is 0 Å². The number of aromatic nitrogens is 2. The molecule has 20 heavy (non-hydrogen) atoms. The fourth-order valence-electron chi connectivity index (χ4n) is 3.51. The summed E-state index contributed by atoms with van der Waals surface area (Å²) < 4.78 is 2.27. The molecule has 1 N–H and O–H groups in total. The Kier molecular flexibility index (Phi) is 4.07. The van der Waals surface area contributed by atoms with E-state index in [4.69, 9.17) is 11.6 Å². The van der Waals surface area contributed by atoms with Crippen molar-refractivity contribution in [3.05, 3.63) is 16.7 Å². The summed E-state index contributed by atoms with van der Waals surface area (Å²) >= 11 is 6.27. The van der Waals surface area contributed by atoms with Gasteiger partial charge in [-0.3, -0.25) is 0 Å². The standard InChI is InChI=1S/C15H24ClN3O/c1-10(2)18-6-3-11(4-7-18)15-17-14(16)13-9-12(20)5-8-19(13)15/h10-12,20H,3-9H2,1-2H3. The quantitative estimate of drug-likeness (QED) is 0.911. The van der Waals surface area contributed by atoms with Gasteiger partial charge in [-0.15, -0.1) is 0 Å². The van der Waals surface area contributed by atoms with E-state index in [1.807, 2.05) is 0 Å². The second-order valence-corrected chi connectivity index (χ2v) is 6.77. The van der Waals surface area contributed by atoms with Crippen LogP contribution < -0.4 is 0 Å². The van der Waals surface area contributed by atoms with Crippen molar-refractivity contribution >= 4 is 11.6 Å².